The summed E-state index contributed by atoms with van der Waals surface area (Å²) in [7, 11) is 4.50. The van der Waals surface area contributed by atoms with Crippen LogP contribution in [0.3, 0.4) is 0 Å². The molecule has 35 heavy (non-hydrogen) atoms. The maximum atomic E-state index is 13.0. The summed E-state index contributed by atoms with van der Waals surface area (Å²) in [6, 6.07) is 7.09. The van der Waals surface area contributed by atoms with E-state index in [1.165, 1.54) is 30.0 Å². The van der Waals surface area contributed by atoms with E-state index in [1.807, 2.05) is 6.92 Å². The number of ether oxygens (including phenoxy) is 1. The molecule has 11 nitrogen and oxygen atoms in total. The molecule has 4 rings (SSSR count). The highest BCUT2D eigenvalue weighted by Gasteiger charge is 2.19. The molecule has 0 radical (unpaired) electrons. The molecule has 0 spiro atoms. The van der Waals surface area contributed by atoms with Crippen molar-refractivity contribution < 1.29 is 9.53 Å². The SMILES string of the molecule is CCSc1nnc(NC(=O)CSc2nc(-c3ccc(OC)cc3)nc3c2c(=O)n(C)c(=O)n3C)s1. The summed E-state index contributed by atoms with van der Waals surface area (Å²) in [5.74, 6) is 1.48. The highest BCUT2D eigenvalue weighted by atomic mass is 32.2. The van der Waals surface area contributed by atoms with E-state index in [9.17, 15) is 14.4 Å². The van der Waals surface area contributed by atoms with Crippen molar-refractivity contribution in [2.45, 2.75) is 16.3 Å². The quantitative estimate of drug-likeness (QED) is 0.205. The zero-order chi connectivity index (χ0) is 25.1. The largest absolute Gasteiger partial charge is 0.497 e. The van der Waals surface area contributed by atoms with Crippen LogP contribution in [0.15, 0.2) is 43.2 Å². The molecule has 1 N–H and O–H groups in total. The number of rotatable bonds is 8. The van der Waals surface area contributed by atoms with E-state index in [-0.39, 0.29) is 22.7 Å². The highest BCUT2D eigenvalue weighted by Crippen LogP contribution is 2.28. The van der Waals surface area contributed by atoms with Crippen molar-refractivity contribution in [3.8, 4) is 17.1 Å². The van der Waals surface area contributed by atoms with Gasteiger partial charge in [-0.05, 0) is 30.0 Å². The van der Waals surface area contributed by atoms with Gasteiger partial charge in [-0.25, -0.2) is 14.8 Å². The first-order valence-electron chi connectivity index (χ1n) is 10.3. The van der Waals surface area contributed by atoms with E-state index in [0.717, 1.165) is 26.4 Å². The van der Waals surface area contributed by atoms with Gasteiger partial charge in [0.2, 0.25) is 11.0 Å². The molecule has 3 aromatic heterocycles. The van der Waals surface area contributed by atoms with Gasteiger partial charge in [-0.2, -0.15) is 0 Å². The first-order valence-corrected chi connectivity index (χ1v) is 13.1. The van der Waals surface area contributed by atoms with Crippen LogP contribution in [0.5, 0.6) is 5.75 Å². The smallest absolute Gasteiger partial charge is 0.332 e. The minimum Gasteiger partial charge on any atom is -0.497 e. The number of amides is 1. The predicted molar refractivity (Wildman–Crippen MR) is 138 cm³/mol. The Bertz CT molecular complexity index is 1510. The van der Waals surface area contributed by atoms with Crippen LogP contribution in [0.25, 0.3) is 22.4 Å². The number of carbonyl (C=O) groups is 1. The Morgan fingerprint density at radius 3 is 2.51 bits per heavy atom. The number of carbonyl (C=O) groups excluding carboxylic acids is 1. The van der Waals surface area contributed by atoms with Gasteiger partial charge in [0.05, 0.1) is 12.9 Å². The van der Waals surface area contributed by atoms with Crippen molar-refractivity contribution >= 4 is 56.9 Å². The number of anilines is 1. The Labute approximate surface area is 212 Å². The van der Waals surface area contributed by atoms with Gasteiger partial charge in [0.25, 0.3) is 5.56 Å². The first-order chi connectivity index (χ1) is 16.8. The fourth-order valence-electron chi connectivity index (χ4n) is 3.13. The Morgan fingerprint density at radius 1 is 1.09 bits per heavy atom. The maximum Gasteiger partial charge on any atom is 0.332 e. The van der Waals surface area contributed by atoms with Crippen LogP contribution in [0, 0.1) is 0 Å². The number of nitrogens with zero attached hydrogens (tertiary/aromatic N) is 6. The van der Waals surface area contributed by atoms with Crippen LogP contribution < -0.4 is 21.3 Å². The summed E-state index contributed by atoms with van der Waals surface area (Å²) < 4.78 is 8.26. The van der Waals surface area contributed by atoms with Gasteiger partial charge < -0.3 is 4.74 Å². The number of aryl methyl sites for hydroxylation is 1. The molecule has 14 heteroatoms. The Balaban J connectivity index is 1.70. The van der Waals surface area contributed by atoms with Gasteiger partial charge in [0.1, 0.15) is 16.2 Å². The molecule has 0 saturated carbocycles. The van der Waals surface area contributed by atoms with Crippen molar-refractivity contribution in [1.29, 1.82) is 0 Å². The number of hydrogen-bond donors (Lipinski definition) is 1. The third-order valence-corrected chi connectivity index (χ3v) is 7.71. The van der Waals surface area contributed by atoms with E-state index < -0.39 is 11.2 Å². The molecule has 4 aromatic rings. The van der Waals surface area contributed by atoms with Gasteiger partial charge >= 0.3 is 5.69 Å². The molecule has 0 unspecified atom stereocenters. The molecule has 0 atom stereocenters. The highest BCUT2D eigenvalue weighted by molar-refractivity contribution is 8.01. The monoisotopic (exact) mass is 531 g/mol. The molecule has 3 heterocycles. The van der Waals surface area contributed by atoms with Gasteiger partial charge in [0.15, 0.2) is 15.8 Å². The Hall–Kier alpha value is -3.23. The lowest BCUT2D eigenvalue weighted by Gasteiger charge is -2.12. The van der Waals surface area contributed by atoms with Gasteiger partial charge in [0, 0.05) is 19.7 Å². The Kier molecular flexibility index (Phi) is 7.52. The van der Waals surface area contributed by atoms with Crippen molar-refractivity contribution in [1.82, 2.24) is 29.3 Å². The maximum absolute atomic E-state index is 13.0. The Morgan fingerprint density at radius 2 is 1.83 bits per heavy atom. The van der Waals surface area contributed by atoms with E-state index in [1.54, 1.807) is 43.1 Å². The zero-order valence-electron chi connectivity index (χ0n) is 19.3. The van der Waals surface area contributed by atoms with Crippen LogP contribution in [0.4, 0.5) is 5.13 Å². The van der Waals surface area contributed by atoms with Gasteiger partial charge in [-0.15, -0.1) is 10.2 Å². The van der Waals surface area contributed by atoms with Crippen LogP contribution in [0.2, 0.25) is 0 Å². The van der Waals surface area contributed by atoms with Crippen LogP contribution in [0.1, 0.15) is 6.92 Å². The topological polar surface area (TPSA) is 134 Å². The second-order valence-corrected chi connectivity index (χ2v) is 10.6. The van der Waals surface area contributed by atoms with Crippen molar-refractivity contribution in [2.24, 2.45) is 14.1 Å². The molecule has 1 amide bonds. The number of methoxy groups -OCH3 is 1. The fraction of sp³-hybridized carbons (Fsp3) is 0.286. The average Bonchev–Trinajstić information content (AvgIpc) is 3.31. The zero-order valence-corrected chi connectivity index (χ0v) is 21.7. The molecule has 1 aromatic carbocycles. The average molecular weight is 532 g/mol. The molecule has 182 valence electrons. The molecule has 0 aliphatic carbocycles. The van der Waals surface area contributed by atoms with E-state index in [0.29, 0.717) is 27.3 Å². The molecule has 0 aliphatic heterocycles. The van der Waals surface area contributed by atoms with Gasteiger partial charge in [-0.1, -0.05) is 41.8 Å². The van der Waals surface area contributed by atoms with Crippen LogP contribution >= 0.6 is 34.9 Å². The van der Waals surface area contributed by atoms with Crippen molar-refractivity contribution in [2.75, 3.05) is 23.9 Å². The lowest BCUT2D eigenvalue weighted by Crippen LogP contribution is -2.37. The van der Waals surface area contributed by atoms with Crippen LogP contribution in [-0.2, 0) is 18.9 Å². The summed E-state index contributed by atoms with van der Waals surface area (Å²) >= 11 is 3.92. The lowest BCUT2D eigenvalue weighted by molar-refractivity contribution is -0.113. The predicted octanol–water partition coefficient (Wildman–Crippen LogP) is 2.40. The van der Waals surface area contributed by atoms with Crippen molar-refractivity contribution in [3.63, 3.8) is 0 Å². The second-order valence-electron chi connectivity index (χ2n) is 7.13. The molecule has 0 aliphatic rings. The van der Waals surface area contributed by atoms with Gasteiger partial charge in [-0.3, -0.25) is 24.0 Å². The third-order valence-electron chi connectivity index (χ3n) is 4.88. The first kappa shape index (κ1) is 24.9. The molecule has 0 bridgehead atoms. The number of fused-ring (bicyclic) bond motifs is 1. The number of benzene rings is 1. The summed E-state index contributed by atoms with van der Waals surface area (Å²) in [5.41, 5.74) is -0.181. The summed E-state index contributed by atoms with van der Waals surface area (Å²) in [5, 5.41) is 11.6. The minimum absolute atomic E-state index is 0.0318. The summed E-state index contributed by atoms with van der Waals surface area (Å²) in [6.45, 7) is 2.01. The van der Waals surface area contributed by atoms with E-state index in [2.05, 4.69) is 25.5 Å². The molecule has 0 fully saturated rings. The summed E-state index contributed by atoms with van der Waals surface area (Å²) in [6.07, 6.45) is 0. The normalized spacial score (nSPS) is 11.1. The number of aromatic nitrogens is 6. The molecule has 0 saturated heterocycles. The van der Waals surface area contributed by atoms with Crippen molar-refractivity contribution in [3.05, 3.63) is 45.1 Å². The summed E-state index contributed by atoms with van der Waals surface area (Å²) in [4.78, 5) is 47.2. The minimum atomic E-state index is -0.530. The number of nitrogens with one attached hydrogen (secondary N) is 1. The van der Waals surface area contributed by atoms with Crippen LogP contribution in [-0.4, -0.2) is 53.8 Å². The molecular weight excluding hydrogens is 510 g/mol. The van der Waals surface area contributed by atoms with E-state index in [4.69, 9.17) is 4.74 Å². The number of hydrogen-bond acceptors (Lipinski definition) is 11. The number of thioether (sulfide) groups is 2. The standard InChI is InChI=1S/C21H21N7O4S3/c1-5-33-20-26-25-19(35-20)22-13(29)10-34-17-14-16(27(2)21(31)28(3)18(14)30)23-15(24-17)11-6-8-12(32-4)9-7-11/h6-9H,5,10H2,1-4H3,(H,22,25,29). The second kappa shape index (κ2) is 10.6. The fourth-order valence-corrected chi connectivity index (χ4v) is 5.61. The lowest BCUT2D eigenvalue weighted by atomic mass is 10.2. The third kappa shape index (κ3) is 5.23. The van der Waals surface area contributed by atoms with E-state index >= 15 is 0 Å². The molecular formula is C21H21N7O4S3.